The van der Waals surface area contributed by atoms with E-state index >= 15 is 0 Å². The van der Waals surface area contributed by atoms with E-state index in [9.17, 15) is 5.11 Å². The highest BCUT2D eigenvalue weighted by Gasteiger charge is 2.21. The van der Waals surface area contributed by atoms with E-state index in [2.05, 4.69) is 20.4 Å². The molecule has 1 saturated heterocycles. The van der Waals surface area contributed by atoms with Crippen LogP contribution in [0, 0.1) is 6.92 Å². The summed E-state index contributed by atoms with van der Waals surface area (Å²) in [6, 6.07) is 13.9. The molecule has 0 spiro atoms. The maximum absolute atomic E-state index is 10.1. The molecule has 6 nitrogen and oxygen atoms in total. The van der Waals surface area contributed by atoms with Crippen LogP contribution >= 0.6 is 0 Å². The molecule has 2 aromatic rings. The van der Waals surface area contributed by atoms with Crippen LogP contribution in [0.15, 0.2) is 42.5 Å². The monoisotopic (exact) mass is 342 g/mol. The Morgan fingerprint density at radius 3 is 2.84 bits per heavy atom. The number of ether oxygens (including phenoxy) is 1. The van der Waals surface area contributed by atoms with Crippen molar-refractivity contribution in [2.45, 2.75) is 31.9 Å². The molecule has 0 radical (unpaired) electrons. The zero-order chi connectivity index (χ0) is 17.5. The summed E-state index contributed by atoms with van der Waals surface area (Å²) in [5.74, 6) is 1.70. The smallest absolute Gasteiger partial charge is 0.151 e. The second-order valence-electron chi connectivity index (χ2n) is 6.50. The number of anilines is 1. The van der Waals surface area contributed by atoms with Gasteiger partial charge in [0.15, 0.2) is 5.82 Å². The fourth-order valence-electron chi connectivity index (χ4n) is 2.98. The Kier molecular flexibility index (Phi) is 6.19. The Balaban J connectivity index is 1.42. The van der Waals surface area contributed by atoms with Crippen LogP contribution < -0.4 is 15.0 Å². The molecule has 1 aliphatic rings. The van der Waals surface area contributed by atoms with Gasteiger partial charge in [0.25, 0.3) is 0 Å². The summed E-state index contributed by atoms with van der Waals surface area (Å²) in [5, 5.41) is 22.0. The number of hydrogen-bond donors (Lipinski definition) is 2. The van der Waals surface area contributed by atoms with Crippen LogP contribution in [0.5, 0.6) is 5.75 Å². The molecule has 2 N–H and O–H groups in total. The fraction of sp³-hybridized carbons (Fsp3) is 0.474. The van der Waals surface area contributed by atoms with Gasteiger partial charge in [-0.3, -0.25) is 0 Å². The molecule has 134 valence electrons. The van der Waals surface area contributed by atoms with Crippen LogP contribution in [-0.2, 0) is 0 Å². The van der Waals surface area contributed by atoms with Gasteiger partial charge in [-0.15, -0.1) is 5.10 Å². The first-order valence-corrected chi connectivity index (χ1v) is 8.85. The number of aromatic nitrogens is 2. The summed E-state index contributed by atoms with van der Waals surface area (Å²) < 4.78 is 5.59. The molecule has 0 unspecified atom stereocenters. The van der Waals surface area contributed by atoms with Gasteiger partial charge in [0.1, 0.15) is 18.5 Å². The van der Waals surface area contributed by atoms with Crippen LogP contribution in [0.2, 0.25) is 0 Å². The van der Waals surface area contributed by atoms with E-state index in [-0.39, 0.29) is 6.61 Å². The number of piperidine rings is 1. The topological polar surface area (TPSA) is 70.5 Å². The number of hydrogen-bond acceptors (Lipinski definition) is 6. The summed E-state index contributed by atoms with van der Waals surface area (Å²) in [6.45, 7) is 4.62. The van der Waals surface area contributed by atoms with Crippen LogP contribution in [0.3, 0.4) is 0 Å². The highest BCUT2D eigenvalue weighted by Crippen LogP contribution is 2.17. The number of nitrogens with zero attached hydrogens (tertiary/aromatic N) is 3. The van der Waals surface area contributed by atoms with Crippen molar-refractivity contribution in [3.63, 3.8) is 0 Å². The Morgan fingerprint density at radius 2 is 2.08 bits per heavy atom. The van der Waals surface area contributed by atoms with Crippen molar-refractivity contribution in [2.75, 3.05) is 31.1 Å². The lowest BCUT2D eigenvalue weighted by Crippen LogP contribution is -2.48. The molecule has 1 aromatic heterocycles. The molecule has 1 fully saturated rings. The lowest BCUT2D eigenvalue weighted by Gasteiger charge is -2.34. The van der Waals surface area contributed by atoms with Gasteiger partial charge in [0, 0.05) is 25.7 Å². The van der Waals surface area contributed by atoms with E-state index < -0.39 is 6.10 Å². The summed E-state index contributed by atoms with van der Waals surface area (Å²) in [7, 11) is 0. The lowest BCUT2D eigenvalue weighted by molar-refractivity contribution is 0.103. The second-order valence-corrected chi connectivity index (χ2v) is 6.50. The molecule has 0 aliphatic carbocycles. The van der Waals surface area contributed by atoms with Crippen molar-refractivity contribution in [1.29, 1.82) is 0 Å². The largest absolute Gasteiger partial charge is 0.491 e. The number of aliphatic hydroxyl groups is 1. The molecule has 2 atom stereocenters. The Morgan fingerprint density at radius 1 is 1.24 bits per heavy atom. The van der Waals surface area contributed by atoms with Gasteiger partial charge in [0.05, 0.1) is 5.69 Å². The SMILES string of the molecule is Cc1ccc(N2CCC[C@H](NC[C@@H](O)COc3ccccc3)C2)nn1. The number of rotatable bonds is 7. The average Bonchev–Trinajstić information content (AvgIpc) is 2.66. The van der Waals surface area contributed by atoms with Crippen LogP contribution in [0.4, 0.5) is 5.82 Å². The standard InChI is InChI=1S/C19H26N4O2/c1-15-9-10-19(22-21-15)23-11-5-6-16(13-23)20-12-17(24)14-25-18-7-3-2-4-8-18/h2-4,7-10,16-17,20,24H,5-6,11-14H2,1H3/t16-,17+/m0/s1. The van der Waals surface area contributed by atoms with Crippen LogP contribution in [0.1, 0.15) is 18.5 Å². The predicted molar refractivity (Wildman–Crippen MR) is 98.0 cm³/mol. The van der Waals surface area contributed by atoms with Gasteiger partial charge in [-0.1, -0.05) is 18.2 Å². The predicted octanol–water partition coefficient (Wildman–Crippen LogP) is 1.78. The Labute approximate surface area is 148 Å². The summed E-state index contributed by atoms with van der Waals surface area (Å²) in [4.78, 5) is 2.25. The van der Waals surface area contributed by atoms with E-state index in [0.29, 0.717) is 12.6 Å². The number of para-hydroxylation sites is 1. The molecule has 25 heavy (non-hydrogen) atoms. The number of benzene rings is 1. The van der Waals surface area contributed by atoms with Crippen molar-refractivity contribution in [3.05, 3.63) is 48.2 Å². The molecule has 0 amide bonds. The van der Waals surface area contributed by atoms with Crippen molar-refractivity contribution in [3.8, 4) is 5.75 Å². The first-order chi connectivity index (χ1) is 12.2. The van der Waals surface area contributed by atoms with E-state index in [4.69, 9.17) is 4.74 Å². The third kappa shape index (κ3) is 5.41. The van der Waals surface area contributed by atoms with Gasteiger partial charge in [-0.25, -0.2) is 0 Å². The molecule has 1 aliphatic heterocycles. The van der Waals surface area contributed by atoms with E-state index in [0.717, 1.165) is 43.2 Å². The van der Waals surface area contributed by atoms with Crippen molar-refractivity contribution in [1.82, 2.24) is 15.5 Å². The minimum absolute atomic E-state index is 0.289. The molecule has 6 heteroatoms. The number of aliphatic hydroxyl groups excluding tert-OH is 1. The van der Waals surface area contributed by atoms with E-state index in [1.165, 1.54) is 0 Å². The third-order valence-corrected chi connectivity index (χ3v) is 4.36. The fourth-order valence-corrected chi connectivity index (χ4v) is 2.98. The van der Waals surface area contributed by atoms with Gasteiger partial charge >= 0.3 is 0 Å². The first-order valence-electron chi connectivity index (χ1n) is 8.85. The summed E-state index contributed by atoms with van der Waals surface area (Å²) in [5.41, 5.74) is 0.928. The Hall–Kier alpha value is -2.18. The molecule has 2 heterocycles. The van der Waals surface area contributed by atoms with Gasteiger partial charge in [0.2, 0.25) is 0 Å². The lowest BCUT2D eigenvalue weighted by atomic mass is 10.1. The highest BCUT2D eigenvalue weighted by molar-refractivity contribution is 5.38. The summed E-state index contributed by atoms with van der Waals surface area (Å²) in [6.07, 6.45) is 1.67. The van der Waals surface area contributed by atoms with Gasteiger partial charge < -0.3 is 20.1 Å². The van der Waals surface area contributed by atoms with E-state index in [1.807, 2.05) is 49.4 Å². The zero-order valence-corrected chi connectivity index (χ0v) is 14.6. The minimum atomic E-state index is -0.533. The molecule has 0 saturated carbocycles. The maximum Gasteiger partial charge on any atom is 0.151 e. The van der Waals surface area contributed by atoms with Crippen molar-refractivity contribution >= 4 is 5.82 Å². The zero-order valence-electron chi connectivity index (χ0n) is 14.6. The molecule has 3 rings (SSSR count). The number of nitrogens with one attached hydrogen (secondary N) is 1. The Bertz CT molecular complexity index is 636. The average molecular weight is 342 g/mol. The molecular weight excluding hydrogens is 316 g/mol. The molecule has 0 bridgehead atoms. The first kappa shape index (κ1) is 17.6. The molecular formula is C19H26N4O2. The van der Waals surface area contributed by atoms with Crippen molar-refractivity contribution < 1.29 is 9.84 Å². The van der Waals surface area contributed by atoms with Crippen LogP contribution in [0.25, 0.3) is 0 Å². The van der Waals surface area contributed by atoms with Crippen molar-refractivity contribution in [2.24, 2.45) is 0 Å². The number of aryl methyl sites for hydroxylation is 1. The normalized spacial score (nSPS) is 18.8. The maximum atomic E-state index is 10.1. The third-order valence-electron chi connectivity index (χ3n) is 4.36. The molecule has 1 aromatic carbocycles. The van der Waals surface area contributed by atoms with Gasteiger partial charge in [-0.05, 0) is 44.0 Å². The summed E-state index contributed by atoms with van der Waals surface area (Å²) >= 11 is 0. The van der Waals surface area contributed by atoms with Crippen LogP contribution in [-0.4, -0.2) is 53.7 Å². The highest BCUT2D eigenvalue weighted by atomic mass is 16.5. The quantitative estimate of drug-likeness (QED) is 0.799. The van der Waals surface area contributed by atoms with E-state index in [1.54, 1.807) is 0 Å². The van der Waals surface area contributed by atoms with Gasteiger partial charge in [-0.2, -0.15) is 5.10 Å². The second kappa shape index (κ2) is 8.78. The minimum Gasteiger partial charge on any atom is -0.491 e.